The van der Waals surface area contributed by atoms with Crippen LogP contribution in [0.1, 0.15) is 10.4 Å². The Labute approximate surface area is 112 Å². The van der Waals surface area contributed by atoms with E-state index in [1.807, 2.05) is 18.2 Å². The topological polar surface area (TPSA) is 66.8 Å². The molecular formula is C11H9Cl2O4P. The van der Waals surface area contributed by atoms with Crippen molar-refractivity contribution in [2.24, 2.45) is 0 Å². The molecule has 0 aliphatic heterocycles. The van der Waals surface area contributed by atoms with Crippen LogP contribution in [-0.2, 0) is 4.52 Å². The van der Waals surface area contributed by atoms with Gasteiger partial charge in [0.15, 0.2) is 0 Å². The summed E-state index contributed by atoms with van der Waals surface area (Å²) in [6.07, 6.45) is 0. The molecule has 0 aliphatic carbocycles. The molecule has 0 saturated carbocycles. The van der Waals surface area contributed by atoms with Gasteiger partial charge in [-0.15, -0.1) is 0 Å². The van der Waals surface area contributed by atoms with Gasteiger partial charge < -0.3 is 0 Å². The maximum atomic E-state index is 11.8. The quantitative estimate of drug-likeness (QED) is 0.832. The van der Waals surface area contributed by atoms with Crippen LogP contribution >= 0.6 is 28.5 Å². The van der Waals surface area contributed by atoms with Crippen molar-refractivity contribution >= 4 is 45.2 Å². The number of benzene rings is 2. The summed E-state index contributed by atoms with van der Waals surface area (Å²) < 4.78 is 4.35. The number of carbonyl (C=O) groups is 1. The predicted octanol–water partition coefficient (Wildman–Crippen LogP) is 3.59. The molecule has 7 heteroatoms. The summed E-state index contributed by atoms with van der Waals surface area (Å²) in [4.78, 5) is 30.1. The van der Waals surface area contributed by atoms with Crippen molar-refractivity contribution in [3.05, 3.63) is 48.0 Å². The number of fused-ring (bicyclic) bond motifs is 1. The average Bonchev–Trinajstić information content (AvgIpc) is 2.25. The van der Waals surface area contributed by atoms with Crippen LogP contribution in [-0.4, -0.2) is 15.8 Å². The zero-order valence-corrected chi connectivity index (χ0v) is 11.4. The van der Waals surface area contributed by atoms with E-state index in [0.717, 1.165) is 5.39 Å². The van der Waals surface area contributed by atoms with E-state index in [1.165, 1.54) is 6.07 Å². The molecule has 2 N–H and O–H groups in total. The van der Waals surface area contributed by atoms with E-state index in [1.54, 1.807) is 18.2 Å². The van der Waals surface area contributed by atoms with Gasteiger partial charge in [-0.1, -0.05) is 0 Å². The summed E-state index contributed by atoms with van der Waals surface area (Å²) in [5.41, 5.74) is 0.159. The molecule has 0 unspecified atom stereocenters. The van der Waals surface area contributed by atoms with Crippen LogP contribution < -0.4 is 0 Å². The first-order valence-electron chi connectivity index (χ1n) is 4.90. The molecular weight excluding hydrogens is 298 g/mol. The van der Waals surface area contributed by atoms with E-state index in [9.17, 15) is 4.79 Å². The first-order chi connectivity index (χ1) is 8.22. The molecule has 2 rings (SSSR count). The molecule has 0 saturated heterocycles. The Kier molecular flexibility index (Phi) is 3.26. The van der Waals surface area contributed by atoms with E-state index in [0.29, 0.717) is 5.39 Å². The number of hydrogen-bond donors (Lipinski definition) is 2. The molecule has 0 amide bonds. The minimum absolute atomic E-state index is 0.159. The second-order valence-corrected chi connectivity index (χ2v) is 9.53. The second kappa shape index (κ2) is 4.34. The molecule has 2 aromatic carbocycles. The monoisotopic (exact) mass is 306 g/mol. The SMILES string of the molecule is O=C(OP(O)(O)(Cl)Cl)c1cccc2ccccc12. The molecule has 0 heterocycles. The minimum atomic E-state index is -5.36. The van der Waals surface area contributed by atoms with Crippen molar-refractivity contribution in [2.75, 3.05) is 0 Å². The van der Waals surface area contributed by atoms with Crippen molar-refractivity contribution in [3.8, 4) is 0 Å². The fourth-order valence-corrected chi connectivity index (χ4v) is 2.34. The van der Waals surface area contributed by atoms with Crippen LogP contribution in [0.5, 0.6) is 0 Å². The van der Waals surface area contributed by atoms with Gasteiger partial charge in [-0.25, -0.2) is 0 Å². The molecule has 0 aromatic heterocycles. The molecule has 2 aromatic rings. The van der Waals surface area contributed by atoms with Crippen molar-refractivity contribution in [2.45, 2.75) is 0 Å². The Bertz CT molecular complexity index is 606. The molecule has 0 bridgehead atoms. The van der Waals surface area contributed by atoms with E-state index in [4.69, 9.17) is 32.3 Å². The van der Waals surface area contributed by atoms with Gasteiger partial charge in [0.25, 0.3) is 0 Å². The molecule has 0 aliphatic rings. The first kappa shape index (κ1) is 13.5. The standard InChI is InChI=1S/C11H9Cl2O4P/c12-18(13,15,16)17-11(14)10-7-3-5-8-4-1-2-6-9(8)10/h1-7,15-16H. The summed E-state index contributed by atoms with van der Waals surface area (Å²) in [5.74, 6) is -6.34. The Morgan fingerprint density at radius 2 is 1.67 bits per heavy atom. The molecule has 0 atom stereocenters. The fraction of sp³-hybridized carbons (Fsp3) is 0. The van der Waals surface area contributed by atoms with Crippen molar-refractivity contribution in [1.29, 1.82) is 0 Å². The summed E-state index contributed by atoms with van der Waals surface area (Å²) in [6, 6.07) is 12.0. The average molecular weight is 307 g/mol. The number of hydrogen-bond acceptors (Lipinski definition) is 4. The Hall–Kier alpha value is -0.900. The molecule has 18 heavy (non-hydrogen) atoms. The number of carbonyl (C=O) groups excluding carboxylic acids is 1. The molecule has 0 fully saturated rings. The van der Waals surface area contributed by atoms with Gasteiger partial charge in [-0.2, -0.15) is 0 Å². The van der Waals surface area contributed by atoms with Crippen molar-refractivity contribution < 1.29 is 19.1 Å². The van der Waals surface area contributed by atoms with Crippen LogP contribution in [0.2, 0.25) is 0 Å². The van der Waals surface area contributed by atoms with Crippen molar-refractivity contribution in [1.82, 2.24) is 0 Å². The van der Waals surface area contributed by atoms with Crippen LogP contribution in [0.4, 0.5) is 0 Å². The first-order valence-corrected chi connectivity index (χ1v) is 8.77. The zero-order chi connectivity index (χ0) is 13.4. The van der Waals surface area contributed by atoms with Crippen LogP contribution in [0, 0.1) is 0 Å². The number of halogens is 2. The Morgan fingerprint density at radius 3 is 2.33 bits per heavy atom. The summed E-state index contributed by atoms with van der Waals surface area (Å²) in [7, 11) is 0. The predicted molar refractivity (Wildman–Crippen MR) is 72.4 cm³/mol. The molecule has 4 nitrogen and oxygen atoms in total. The van der Waals surface area contributed by atoms with Gasteiger partial charge in [0.05, 0.1) is 0 Å². The van der Waals surface area contributed by atoms with E-state index in [-0.39, 0.29) is 5.56 Å². The summed E-state index contributed by atoms with van der Waals surface area (Å²) >= 11 is 10.3. The second-order valence-electron chi connectivity index (χ2n) is 3.66. The summed E-state index contributed by atoms with van der Waals surface area (Å²) in [6.45, 7) is 0. The molecule has 96 valence electrons. The number of rotatable bonds is 2. The normalized spacial score (nSPS) is 13.9. The van der Waals surface area contributed by atoms with Gasteiger partial charge in [0.2, 0.25) is 0 Å². The van der Waals surface area contributed by atoms with E-state index < -0.39 is 12.0 Å². The third-order valence-electron chi connectivity index (χ3n) is 2.24. The third-order valence-corrected chi connectivity index (χ3v) is 3.12. The van der Waals surface area contributed by atoms with Gasteiger partial charge >= 0.3 is 112 Å². The van der Waals surface area contributed by atoms with Gasteiger partial charge in [-0.3, -0.25) is 0 Å². The van der Waals surface area contributed by atoms with E-state index >= 15 is 0 Å². The molecule has 0 spiro atoms. The maximum absolute atomic E-state index is 11.8. The van der Waals surface area contributed by atoms with Crippen LogP contribution in [0.25, 0.3) is 10.8 Å². The van der Waals surface area contributed by atoms with Gasteiger partial charge in [0, 0.05) is 0 Å². The Balaban J connectivity index is 2.46. The van der Waals surface area contributed by atoms with E-state index in [2.05, 4.69) is 4.52 Å². The third kappa shape index (κ3) is 3.31. The zero-order valence-electron chi connectivity index (χ0n) is 8.96. The summed E-state index contributed by atoms with van der Waals surface area (Å²) in [5, 5.41) is 1.42. The van der Waals surface area contributed by atoms with Crippen molar-refractivity contribution in [3.63, 3.8) is 0 Å². The fourth-order valence-electron chi connectivity index (χ4n) is 1.59. The van der Waals surface area contributed by atoms with Crippen LogP contribution in [0.3, 0.4) is 0 Å². The van der Waals surface area contributed by atoms with Gasteiger partial charge in [-0.05, 0) is 0 Å². The van der Waals surface area contributed by atoms with Crippen LogP contribution in [0.15, 0.2) is 42.5 Å². The Morgan fingerprint density at radius 1 is 1.06 bits per heavy atom. The van der Waals surface area contributed by atoms with Gasteiger partial charge in [0.1, 0.15) is 0 Å². The molecule has 0 radical (unpaired) electrons.